The van der Waals surface area contributed by atoms with Gasteiger partial charge in [0.2, 0.25) is 17.7 Å². The topological polar surface area (TPSA) is 114 Å². The number of ether oxygens (including phenoxy) is 1. The van der Waals surface area contributed by atoms with Crippen LogP contribution in [0.25, 0.3) is 0 Å². The Morgan fingerprint density at radius 1 is 0.786 bits per heavy atom. The average Bonchev–Trinajstić information content (AvgIpc) is 2.98. The van der Waals surface area contributed by atoms with Crippen molar-refractivity contribution >= 4 is 46.3 Å². The Bertz CT molecular complexity index is 1100. The number of halogens is 1. The molecule has 0 saturated heterocycles. The normalized spacial score (nSPS) is 13.1. The maximum Gasteiger partial charge on any atom is 0.328 e. The van der Waals surface area contributed by atoms with Crippen LogP contribution in [-0.2, 0) is 36.8 Å². The molecule has 8 nitrogen and oxygen atoms in total. The van der Waals surface area contributed by atoms with E-state index in [1.54, 1.807) is 0 Å². The Balaban J connectivity index is 2.19. The van der Waals surface area contributed by atoms with Crippen LogP contribution in [0.5, 0.6) is 0 Å². The number of carbonyl (C=O) groups is 4. The quantitative estimate of drug-likeness (QED) is 0.0839. The number of hydrogen-bond acceptors (Lipinski definition) is 5. The van der Waals surface area contributed by atoms with Crippen LogP contribution in [0.4, 0.5) is 0 Å². The van der Waals surface area contributed by atoms with Crippen LogP contribution in [0.15, 0.2) is 60.7 Å². The molecule has 0 aliphatic rings. The van der Waals surface area contributed by atoms with Gasteiger partial charge in [-0.15, -0.1) is 0 Å². The number of alkyl halides is 1. The Morgan fingerprint density at radius 2 is 1.38 bits per heavy atom. The van der Waals surface area contributed by atoms with Crippen molar-refractivity contribution in [2.24, 2.45) is 5.92 Å². The predicted octanol–water partition coefficient (Wildman–Crippen LogP) is 4.92. The molecule has 2 rings (SSSR count). The third-order valence-corrected chi connectivity index (χ3v) is 7.48. The molecule has 0 unspecified atom stereocenters. The molecule has 2 aromatic rings. The summed E-state index contributed by atoms with van der Waals surface area (Å²) in [5, 5.41) is 8.62. The molecule has 0 radical (unpaired) electrons. The van der Waals surface area contributed by atoms with Crippen LogP contribution in [0.1, 0.15) is 70.4 Å². The zero-order valence-corrected chi connectivity index (χ0v) is 27.2. The summed E-state index contributed by atoms with van der Waals surface area (Å²) in [4.78, 5) is 52.7. The number of benzene rings is 2. The zero-order chi connectivity index (χ0) is 30.7. The summed E-state index contributed by atoms with van der Waals surface area (Å²) < 4.78 is 6.30. The molecule has 3 N–H and O–H groups in total. The van der Waals surface area contributed by atoms with E-state index in [1.165, 1.54) is 0 Å². The van der Waals surface area contributed by atoms with Crippen molar-refractivity contribution in [3.8, 4) is 0 Å². The van der Waals surface area contributed by atoms with E-state index in [0.29, 0.717) is 25.7 Å². The van der Waals surface area contributed by atoms with E-state index in [4.69, 9.17) is 4.74 Å². The van der Waals surface area contributed by atoms with Gasteiger partial charge in [0, 0.05) is 17.3 Å². The van der Waals surface area contributed by atoms with E-state index in [9.17, 15) is 19.2 Å². The minimum atomic E-state index is -0.898. The second kappa shape index (κ2) is 20.0. The van der Waals surface area contributed by atoms with Crippen molar-refractivity contribution in [3.63, 3.8) is 0 Å². The number of carbonyl (C=O) groups excluding carboxylic acids is 4. The molecular formula is C33H46IN3O5. The fourth-order valence-electron chi connectivity index (χ4n) is 4.43. The molecule has 3 amide bonds. The number of unbranched alkanes of at least 4 members (excludes halogenated alkanes) is 1. The van der Waals surface area contributed by atoms with Gasteiger partial charge in [0.15, 0.2) is 0 Å². The number of nitrogens with one attached hydrogen (secondary N) is 3. The van der Waals surface area contributed by atoms with Crippen molar-refractivity contribution in [2.75, 3.05) is 11.0 Å². The van der Waals surface area contributed by atoms with E-state index in [1.807, 2.05) is 81.4 Å². The van der Waals surface area contributed by atoms with Crippen molar-refractivity contribution in [2.45, 2.75) is 90.3 Å². The van der Waals surface area contributed by atoms with E-state index in [0.717, 1.165) is 34.8 Å². The summed E-state index contributed by atoms with van der Waals surface area (Å²) in [5.74, 6) is -1.48. The molecule has 0 fully saturated rings. The Kier molecular flexibility index (Phi) is 16.8. The van der Waals surface area contributed by atoms with Gasteiger partial charge in [-0.05, 0) is 49.1 Å². The lowest BCUT2D eigenvalue weighted by atomic mass is 10.00. The van der Waals surface area contributed by atoms with Gasteiger partial charge in [-0.1, -0.05) is 110 Å². The predicted molar refractivity (Wildman–Crippen MR) is 174 cm³/mol. The van der Waals surface area contributed by atoms with Gasteiger partial charge in [0.05, 0.1) is 6.61 Å². The van der Waals surface area contributed by atoms with E-state index in [-0.39, 0.29) is 24.9 Å². The Labute approximate surface area is 264 Å². The van der Waals surface area contributed by atoms with Gasteiger partial charge in [0.1, 0.15) is 18.1 Å². The molecule has 3 atom stereocenters. The van der Waals surface area contributed by atoms with Crippen LogP contribution in [-0.4, -0.2) is 52.9 Å². The first-order valence-corrected chi connectivity index (χ1v) is 16.5. The summed E-state index contributed by atoms with van der Waals surface area (Å²) in [7, 11) is 0. The minimum absolute atomic E-state index is 0.0890. The fraction of sp³-hybridized carbons (Fsp3) is 0.515. The van der Waals surface area contributed by atoms with Crippen molar-refractivity contribution in [1.29, 1.82) is 0 Å². The highest BCUT2D eigenvalue weighted by atomic mass is 127. The van der Waals surface area contributed by atoms with E-state index >= 15 is 0 Å². The third-order valence-electron chi connectivity index (χ3n) is 6.72. The second-order valence-corrected chi connectivity index (χ2v) is 12.0. The SMILES string of the molecule is CCCCOC(=O)[C@H](Cc1ccccc1)NC(=O)[C@H](CC(C)C)NC(=O)[C@H](CCc1ccccc1)NC(=O)CCCI. The standard InChI is InChI=1S/C33H46IN3O5/c1-4-5-21-42-33(41)29(23-26-15-10-7-11-16-26)37-32(40)28(22-24(2)3)36-31(39)27(35-30(38)17-12-20-34)19-18-25-13-8-6-9-14-25/h6-11,13-16,24,27-29H,4-5,12,17-23H2,1-3H3,(H,35,38)(H,36,39)(H,37,40)/t27-,28-,29-/m0/s1. The second-order valence-electron chi connectivity index (χ2n) is 10.9. The first-order valence-electron chi connectivity index (χ1n) is 14.9. The fourth-order valence-corrected chi connectivity index (χ4v) is 4.81. The number of rotatable bonds is 19. The summed E-state index contributed by atoms with van der Waals surface area (Å²) in [6.07, 6.45) is 4.28. The van der Waals surface area contributed by atoms with Gasteiger partial charge in [0.25, 0.3) is 0 Å². The Hall–Kier alpha value is -2.95. The van der Waals surface area contributed by atoms with Crippen LogP contribution >= 0.6 is 22.6 Å². The van der Waals surface area contributed by atoms with Crippen molar-refractivity contribution < 1.29 is 23.9 Å². The molecule has 0 bridgehead atoms. The van der Waals surface area contributed by atoms with Gasteiger partial charge in [-0.2, -0.15) is 0 Å². The van der Waals surface area contributed by atoms with Crippen LogP contribution < -0.4 is 16.0 Å². The molecule has 0 aliphatic heterocycles. The lowest BCUT2D eigenvalue weighted by Crippen LogP contribution is -2.56. The summed E-state index contributed by atoms with van der Waals surface area (Å²) in [6.45, 7) is 6.22. The molecule has 2 aromatic carbocycles. The first-order chi connectivity index (χ1) is 20.2. The lowest BCUT2D eigenvalue weighted by Gasteiger charge is -2.26. The molecule has 0 aromatic heterocycles. The molecule has 0 heterocycles. The highest BCUT2D eigenvalue weighted by Gasteiger charge is 2.30. The lowest BCUT2D eigenvalue weighted by molar-refractivity contribution is -0.148. The van der Waals surface area contributed by atoms with E-state index in [2.05, 4.69) is 38.5 Å². The number of esters is 1. The number of hydrogen-bond donors (Lipinski definition) is 3. The van der Waals surface area contributed by atoms with Crippen LogP contribution in [0.3, 0.4) is 0 Å². The van der Waals surface area contributed by atoms with Gasteiger partial charge in [-0.3, -0.25) is 14.4 Å². The van der Waals surface area contributed by atoms with Crippen LogP contribution in [0.2, 0.25) is 0 Å². The Morgan fingerprint density at radius 3 is 1.98 bits per heavy atom. The molecule has 42 heavy (non-hydrogen) atoms. The highest BCUT2D eigenvalue weighted by molar-refractivity contribution is 14.1. The maximum atomic E-state index is 13.6. The molecular weight excluding hydrogens is 645 g/mol. The van der Waals surface area contributed by atoms with Crippen molar-refractivity contribution in [3.05, 3.63) is 71.8 Å². The average molecular weight is 692 g/mol. The summed E-state index contributed by atoms with van der Waals surface area (Å²) in [6, 6.07) is 16.6. The molecule has 0 saturated carbocycles. The van der Waals surface area contributed by atoms with Gasteiger partial charge in [-0.25, -0.2) is 4.79 Å². The number of amides is 3. The molecule has 9 heteroatoms. The van der Waals surface area contributed by atoms with Gasteiger partial charge < -0.3 is 20.7 Å². The molecule has 0 aliphatic carbocycles. The smallest absolute Gasteiger partial charge is 0.328 e. The zero-order valence-electron chi connectivity index (χ0n) is 25.1. The van der Waals surface area contributed by atoms with Crippen molar-refractivity contribution in [1.82, 2.24) is 16.0 Å². The molecule has 230 valence electrons. The maximum absolute atomic E-state index is 13.6. The number of aryl methyl sites for hydroxylation is 1. The van der Waals surface area contributed by atoms with Gasteiger partial charge >= 0.3 is 5.97 Å². The monoisotopic (exact) mass is 691 g/mol. The largest absolute Gasteiger partial charge is 0.464 e. The summed E-state index contributed by atoms with van der Waals surface area (Å²) in [5.41, 5.74) is 1.94. The van der Waals surface area contributed by atoms with Crippen LogP contribution in [0, 0.1) is 5.92 Å². The van der Waals surface area contributed by atoms with E-state index < -0.39 is 35.9 Å². The third kappa shape index (κ3) is 13.8. The minimum Gasteiger partial charge on any atom is -0.464 e. The highest BCUT2D eigenvalue weighted by Crippen LogP contribution is 2.11. The molecule has 0 spiro atoms. The first kappa shape index (κ1) is 35.2. The summed E-state index contributed by atoms with van der Waals surface area (Å²) >= 11 is 2.22.